The Morgan fingerprint density at radius 3 is 2.84 bits per heavy atom. The van der Waals surface area contributed by atoms with Crippen molar-refractivity contribution in [1.29, 1.82) is 0 Å². The van der Waals surface area contributed by atoms with Gasteiger partial charge in [-0.05, 0) is 12.1 Å². The molecule has 2 aromatic rings. The summed E-state index contributed by atoms with van der Waals surface area (Å²) >= 11 is 7.64. The minimum atomic E-state index is -0.136. The zero-order valence-electron chi connectivity index (χ0n) is 10.9. The molecule has 1 aromatic carbocycles. The average Bonchev–Trinajstić information content (AvgIpc) is 2.85. The fourth-order valence-electron chi connectivity index (χ4n) is 1.63. The predicted molar refractivity (Wildman–Crippen MR) is 77.9 cm³/mol. The number of hydrogen-bond donors (Lipinski definition) is 1. The van der Waals surface area contributed by atoms with E-state index in [1.54, 1.807) is 29.5 Å². The molecule has 0 saturated carbocycles. The average molecular weight is 298 g/mol. The van der Waals surface area contributed by atoms with Crippen molar-refractivity contribution < 1.29 is 9.84 Å². The van der Waals surface area contributed by atoms with Gasteiger partial charge in [-0.25, -0.2) is 4.98 Å². The monoisotopic (exact) mass is 297 g/mol. The molecule has 102 valence electrons. The van der Waals surface area contributed by atoms with Crippen LogP contribution in [0.25, 0.3) is 0 Å². The lowest BCUT2D eigenvalue weighted by molar-refractivity contribution is 0.258. The number of nitrogens with zero attached hydrogens (tertiary/aromatic N) is 1. The maximum absolute atomic E-state index is 9.30. The zero-order valence-corrected chi connectivity index (χ0v) is 12.5. The molecule has 0 bridgehead atoms. The number of aliphatic hydroxyl groups excluding tert-OH is 1. The first kappa shape index (κ1) is 14.3. The van der Waals surface area contributed by atoms with Gasteiger partial charge in [-0.1, -0.05) is 31.5 Å². The molecule has 0 saturated heterocycles. The molecule has 0 aliphatic heterocycles. The number of aliphatic hydroxyl groups is 1. The molecule has 3 nitrogen and oxygen atoms in total. The highest BCUT2D eigenvalue weighted by atomic mass is 35.5. The Kier molecular flexibility index (Phi) is 4.80. The third-order valence-electron chi connectivity index (χ3n) is 2.67. The molecule has 0 unspecified atom stereocenters. The van der Waals surface area contributed by atoms with E-state index >= 15 is 0 Å². The van der Waals surface area contributed by atoms with Gasteiger partial charge in [0.15, 0.2) is 0 Å². The highest BCUT2D eigenvalue weighted by Gasteiger charge is 2.09. The molecule has 0 atom stereocenters. The third-order valence-corrected chi connectivity index (χ3v) is 4.22. The smallest absolute Gasteiger partial charge is 0.131 e. The Bertz CT molecular complexity index is 554. The van der Waals surface area contributed by atoms with Gasteiger partial charge in [0, 0.05) is 21.9 Å². The first-order valence-electron chi connectivity index (χ1n) is 6.07. The van der Waals surface area contributed by atoms with E-state index < -0.39 is 0 Å². The maximum atomic E-state index is 9.30. The van der Waals surface area contributed by atoms with Crippen LogP contribution in [0.1, 0.15) is 36.0 Å². The second kappa shape index (κ2) is 6.37. The Labute approximate surface area is 121 Å². The first-order valence-corrected chi connectivity index (χ1v) is 7.33. The fraction of sp³-hybridized carbons (Fsp3) is 0.357. The Morgan fingerprint density at radius 2 is 2.21 bits per heavy atom. The molecule has 0 radical (unpaired) electrons. The van der Waals surface area contributed by atoms with E-state index in [0.29, 0.717) is 28.9 Å². The van der Waals surface area contributed by atoms with Gasteiger partial charge in [0.2, 0.25) is 0 Å². The van der Waals surface area contributed by atoms with Crippen LogP contribution in [0, 0.1) is 0 Å². The maximum Gasteiger partial charge on any atom is 0.131 e. The first-order chi connectivity index (χ1) is 9.11. The van der Waals surface area contributed by atoms with E-state index in [1.165, 1.54) is 0 Å². The molecule has 0 aliphatic rings. The molecule has 2 rings (SSSR count). The number of hydrogen-bond acceptors (Lipinski definition) is 4. The second-order valence-electron chi connectivity index (χ2n) is 4.50. The molecule has 1 heterocycles. The summed E-state index contributed by atoms with van der Waals surface area (Å²) in [5, 5.41) is 12.9. The summed E-state index contributed by atoms with van der Waals surface area (Å²) in [4.78, 5) is 4.50. The number of thiazole rings is 1. The van der Waals surface area contributed by atoms with Crippen LogP contribution in [0.15, 0.2) is 23.6 Å². The summed E-state index contributed by atoms with van der Waals surface area (Å²) in [6.45, 7) is 4.48. The SMILES string of the molecule is CC(C)c1nc(COc2cccc(Cl)c2CO)cs1. The van der Waals surface area contributed by atoms with Crippen molar-refractivity contribution in [3.05, 3.63) is 44.9 Å². The van der Waals surface area contributed by atoms with Crippen molar-refractivity contribution in [1.82, 2.24) is 4.98 Å². The second-order valence-corrected chi connectivity index (χ2v) is 5.79. The van der Waals surface area contributed by atoms with Crippen molar-refractivity contribution >= 4 is 22.9 Å². The number of ether oxygens (including phenoxy) is 1. The van der Waals surface area contributed by atoms with Crippen LogP contribution in [0.4, 0.5) is 0 Å². The molecule has 1 N–H and O–H groups in total. The van der Waals surface area contributed by atoms with Gasteiger partial charge < -0.3 is 9.84 Å². The van der Waals surface area contributed by atoms with E-state index in [2.05, 4.69) is 18.8 Å². The minimum Gasteiger partial charge on any atom is -0.487 e. The van der Waals surface area contributed by atoms with Gasteiger partial charge in [-0.2, -0.15) is 0 Å². The lowest BCUT2D eigenvalue weighted by Crippen LogP contribution is -2.00. The number of aromatic nitrogens is 1. The molecule has 0 amide bonds. The quantitative estimate of drug-likeness (QED) is 0.907. The normalized spacial score (nSPS) is 11.0. The van der Waals surface area contributed by atoms with E-state index in [-0.39, 0.29) is 6.61 Å². The lowest BCUT2D eigenvalue weighted by Gasteiger charge is -2.10. The number of benzene rings is 1. The van der Waals surface area contributed by atoms with Crippen LogP contribution in [-0.2, 0) is 13.2 Å². The van der Waals surface area contributed by atoms with Gasteiger partial charge in [-0.15, -0.1) is 11.3 Å². The lowest BCUT2D eigenvalue weighted by atomic mass is 10.2. The summed E-state index contributed by atoms with van der Waals surface area (Å²) in [7, 11) is 0. The van der Waals surface area contributed by atoms with E-state index in [9.17, 15) is 5.11 Å². The summed E-state index contributed by atoms with van der Waals surface area (Å²) in [5.41, 5.74) is 1.51. The topological polar surface area (TPSA) is 42.4 Å². The third kappa shape index (κ3) is 3.47. The van der Waals surface area contributed by atoms with Crippen molar-refractivity contribution in [2.45, 2.75) is 33.0 Å². The van der Waals surface area contributed by atoms with Crippen molar-refractivity contribution in [3.8, 4) is 5.75 Å². The highest BCUT2D eigenvalue weighted by molar-refractivity contribution is 7.09. The highest BCUT2D eigenvalue weighted by Crippen LogP contribution is 2.27. The van der Waals surface area contributed by atoms with Gasteiger partial charge >= 0.3 is 0 Å². The van der Waals surface area contributed by atoms with Gasteiger partial charge in [0.05, 0.1) is 17.3 Å². The molecular formula is C14H16ClNO2S. The van der Waals surface area contributed by atoms with Crippen LogP contribution < -0.4 is 4.74 Å². The van der Waals surface area contributed by atoms with Gasteiger partial charge in [-0.3, -0.25) is 0 Å². The van der Waals surface area contributed by atoms with Gasteiger partial charge in [0.25, 0.3) is 0 Å². The molecule has 5 heteroatoms. The van der Waals surface area contributed by atoms with E-state index in [1.807, 2.05) is 5.38 Å². The van der Waals surface area contributed by atoms with Crippen LogP contribution in [0.5, 0.6) is 5.75 Å². The Balaban J connectivity index is 2.08. The Morgan fingerprint density at radius 1 is 1.42 bits per heavy atom. The van der Waals surface area contributed by atoms with Crippen LogP contribution >= 0.6 is 22.9 Å². The molecule has 0 spiro atoms. The summed E-state index contributed by atoms with van der Waals surface area (Å²) in [6.07, 6.45) is 0. The van der Waals surface area contributed by atoms with Gasteiger partial charge in [0.1, 0.15) is 12.4 Å². The number of halogens is 1. The van der Waals surface area contributed by atoms with Crippen molar-refractivity contribution in [2.24, 2.45) is 0 Å². The minimum absolute atomic E-state index is 0.136. The molecule has 0 aliphatic carbocycles. The summed E-state index contributed by atoms with van der Waals surface area (Å²) < 4.78 is 5.69. The van der Waals surface area contributed by atoms with E-state index in [0.717, 1.165) is 10.7 Å². The number of rotatable bonds is 5. The van der Waals surface area contributed by atoms with Crippen molar-refractivity contribution in [3.63, 3.8) is 0 Å². The van der Waals surface area contributed by atoms with Crippen LogP contribution in [-0.4, -0.2) is 10.1 Å². The molecular weight excluding hydrogens is 282 g/mol. The summed E-state index contributed by atoms with van der Waals surface area (Å²) in [5.74, 6) is 1.03. The summed E-state index contributed by atoms with van der Waals surface area (Å²) in [6, 6.07) is 5.34. The standard InChI is InChI=1S/C14H16ClNO2S/c1-9(2)14-16-10(8-19-14)7-18-13-5-3-4-12(15)11(13)6-17/h3-5,8-9,17H,6-7H2,1-2H3. The Hall–Kier alpha value is -1.10. The van der Waals surface area contributed by atoms with E-state index in [4.69, 9.17) is 16.3 Å². The van der Waals surface area contributed by atoms with Crippen molar-refractivity contribution in [2.75, 3.05) is 0 Å². The van der Waals surface area contributed by atoms with Crippen LogP contribution in [0.2, 0.25) is 5.02 Å². The zero-order chi connectivity index (χ0) is 13.8. The van der Waals surface area contributed by atoms with Crippen LogP contribution in [0.3, 0.4) is 0 Å². The molecule has 0 fully saturated rings. The molecule has 19 heavy (non-hydrogen) atoms. The predicted octanol–water partition coefficient (Wildman–Crippen LogP) is 3.99. The molecule has 1 aromatic heterocycles. The largest absolute Gasteiger partial charge is 0.487 e. The fourth-order valence-corrected chi connectivity index (χ4v) is 2.68.